The first-order valence-corrected chi connectivity index (χ1v) is 9.75. The van der Waals surface area contributed by atoms with Gasteiger partial charge in [-0.1, -0.05) is 31.2 Å². The molecule has 0 radical (unpaired) electrons. The van der Waals surface area contributed by atoms with E-state index in [1.165, 1.54) is 19.1 Å². The number of allylic oxidation sites excluding steroid dienone is 1. The highest BCUT2D eigenvalue weighted by Gasteiger charge is 2.59. The number of aromatic nitrogens is 1. The van der Waals surface area contributed by atoms with E-state index in [-0.39, 0.29) is 17.8 Å². The van der Waals surface area contributed by atoms with E-state index in [1.807, 2.05) is 6.07 Å². The number of alkyl halides is 2. The summed E-state index contributed by atoms with van der Waals surface area (Å²) >= 11 is 0. The van der Waals surface area contributed by atoms with Gasteiger partial charge < -0.3 is 4.74 Å². The second-order valence-electron chi connectivity index (χ2n) is 8.00. The van der Waals surface area contributed by atoms with E-state index in [4.69, 9.17) is 4.74 Å². The van der Waals surface area contributed by atoms with Crippen molar-refractivity contribution in [2.75, 3.05) is 0 Å². The van der Waals surface area contributed by atoms with Crippen LogP contribution in [0.1, 0.15) is 26.0 Å². The van der Waals surface area contributed by atoms with Crippen LogP contribution in [0.25, 0.3) is 17.2 Å². The van der Waals surface area contributed by atoms with Crippen molar-refractivity contribution in [3.8, 4) is 11.1 Å². The fourth-order valence-electron chi connectivity index (χ4n) is 4.58. The quantitative estimate of drug-likeness (QED) is 0.649. The molecular formula is C23H22F3NO2. The molecule has 1 saturated heterocycles. The number of nitrogens with zero attached hydrogens (tertiary/aromatic N) is 1. The number of pyridine rings is 1. The second kappa shape index (κ2) is 7.32. The lowest BCUT2D eigenvalue weighted by Crippen LogP contribution is -2.46. The predicted octanol–water partition coefficient (Wildman–Crippen LogP) is 5.37. The minimum Gasteiger partial charge on any atom is -0.462 e. The Kier molecular flexibility index (Phi) is 4.97. The van der Waals surface area contributed by atoms with Gasteiger partial charge in [0.15, 0.2) is 0 Å². The van der Waals surface area contributed by atoms with E-state index in [1.54, 1.807) is 43.5 Å². The topological polar surface area (TPSA) is 39.2 Å². The third-order valence-corrected chi connectivity index (χ3v) is 6.23. The lowest BCUT2D eigenvalue weighted by molar-refractivity contribution is -0.152. The molecule has 4 rings (SSSR count). The van der Waals surface area contributed by atoms with Crippen molar-refractivity contribution in [2.24, 2.45) is 23.7 Å². The van der Waals surface area contributed by atoms with Gasteiger partial charge in [-0.3, -0.25) is 9.78 Å². The molecule has 1 aliphatic carbocycles. The van der Waals surface area contributed by atoms with Crippen LogP contribution in [0.3, 0.4) is 0 Å². The minimum atomic E-state index is -2.92. The second-order valence-corrected chi connectivity index (χ2v) is 8.00. The average molecular weight is 401 g/mol. The normalized spacial score (nSPS) is 30.9. The van der Waals surface area contributed by atoms with E-state index in [2.05, 4.69) is 4.98 Å². The predicted molar refractivity (Wildman–Crippen MR) is 103 cm³/mol. The van der Waals surface area contributed by atoms with E-state index < -0.39 is 36.1 Å². The molecule has 0 spiro atoms. The zero-order valence-corrected chi connectivity index (χ0v) is 16.2. The van der Waals surface area contributed by atoms with Crippen molar-refractivity contribution in [3.63, 3.8) is 0 Å². The molecule has 0 bridgehead atoms. The van der Waals surface area contributed by atoms with Crippen LogP contribution >= 0.6 is 0 Å². The highest BCUT2D eigenvalue weighted by molar-refractivity contribution is 5.76. The van der Waals surface area contributed by atoms with Gasteiger partial charge in [0, 0.05) is 30.0 Å². The fraction of sp³-hybridized carbons (Fsp3) is 0.391. The van der Waals surface area contributed by atoms with Crippen molar-refractivity contribution in [1.82, 2.24) is 4.98 Å². The number of benzene rings is 1. The molecule has 2 heterocycles. The Hall–Kier alpha value is -2.63. The molecule has 1 aromatic heterocycles. The number of carbonyl (C=O) groups excluding carboxylic acids is 1. The first-order chi connectivity index (χ1) is 13.8. The van der Waals surface area contributed by atoms with Crippen LogP contribution in [0.5, 0.6) is 0 Å². The molecule has 0 unspecified atom stereocenters. The summed E-state index contributed by atoms with van der Waals surface area (Å²) in [4.78, 5) is 16.4. The van der Waals surface area contributed by atoms with Crippen LogP contribution in [-0.4, -0.2) is 23.0 Å². The smallest absolute Gasteiger partial charge is 0.309 e. The zero-order chi connectivity index (χ0) is 20.8. The maximum Gasteiger partial charge on any atom is 0.309 e. The van der Waals surface area contributed by atoms with Crippen LogP contribution in [0.4, 0.5) is 13.2 Å². The maximum atomic E-state index is 14.5. The Morgan fingerprint density at radius 1 is 1.17 bits per heavy atom. The fourth-order valence-corrected chi connectivity index (χ4v) is 4.58. The Morgan fingerprint density at radius 2 is 1.97 bits per heavy atom. The molecule has 2 aliphatic rings. The van der Waals surface area contributed by atoms with E-state index in [9.17, 15) is 18.0 Å². The van der Waals surface area contributed by atoms with Gasteiger partial charge in [-0.25, -0.2) is 13.2 Å². The Morgan fingerprint density at radius 3 is 2.66 bits per heavy atom. The van der Waals surface area contributed by atoms with Gasteiger partial charge in [0.2, 0.25) is 0 Å². The number of esters is 1. The first kappa shape index (κ1) is 19.7. The Labute approximate surface area is 167 Å². The van der Waals surface area contributed by atoms with Gasteiger partial charge >= 0.3 is 5.97 Å². The summed E-state index contributed by atoms with van der Waals surface area (Å²) in [7, 11) is 0. The van der Waals surface area contributed by atoms with Crippen LogP contribution in [-0.2, 0) is 9.53 Å². The zero-order valence-electron chi connectivity index (χ0n) is 16.2. The van der Waals surface area contributed by atoms with Gasteiger partial charge in [-0.05, 0) is 42.7 Å². The van der Waals surface area contributed by atoms with Crippen molar-refractivity contribution >= 4 is 12.0 Å². The summed E-state index contributed by atoms with van der Waals surface area (Å²) in [6.07, 6.45) is 4.24. The summed E-state index contributed by atoms with van der Waals surface area (Å²) < 4.78 is 47.6. The number of cyclic esters (lactones) is 1. The molecule has 6 heteroatoms. The van der Waals surface area contributed by atoms with E-state index >= 15 is 0 Å². The molecule has 0 N–H and O–H groups in total. The lowest BCUT2D eigenvalue weighted by Gasteiger charge is -2.41. The molecule has 1 aromatic carbocycles. The Bertz CT molecular complexity index is 941. The Balaban J connectivity index is 1.57. The van der Waals surface area contributed by atoms with Crippen LogP contribution < -0.4 is 0 Å². The maximum absolute atomic E-state index is 14.5. The molecular weight excluding hydrogens is 379 g/mol. The molecule has 2 fully saturated rings. The number of ether oxygens (including phenoxy) is 1. The van der Waals surface area contributed by atoms with Crippen molar-refractivity contribution < 1.29 is 22.7 Å². The highest BCUT2D eigenvalue weighted by atomic mass is 19.3. The summed E-state index contributed by atoms with van der Waals surface area (Å²) in [5, 5.41) is 0. The molecule has 1 saturated carbocycles. The number of rotatable bonds is 3. The van der Waals surface area contributed by atoms with Crippen LogP contribution in [0.15, 0.2) is 48.7 Å². The first-order valence-electron chi connectivity index (χ1n) is 9.75. The van der Waals surface area contributed by atoms with Gasteiger partial charge in [-0.2, -0.15) is 0 Å². The summed E-state index contributed by atoms with van der Waals surface area (Å²) in [5.74, 6) is -6.19. The number of hydrogen-bond donors (Lipinski definition) is 0. The van der Waals surface area contributed by atoms with Crippen molar-refractivity contribution in [2.45, 2.75) is 32.3 Å². The summed E-state index contributed by atoms with van der Waals surface area (Å²) in [5.41, 5.74) is 2.09. The van der Waals surface area contributed by atoms with E-state index in [0.717, 1.165) is 5.56 Å². The SMILES string of the molecule is C[C@H]1OC(=O)[C@@H]2CC(F)(F)[C@@H](C)[C@H](/C=C/c3ccc(-c4cccc(F)c4)cn3)[C@H]12. The number of fused-ring (bicyclic) bond motifs is 1. The van der Waals surface area contributed by atoms with Crippen molar-refractivity contribution in [3.05, 3.63) is 60.2 Å². The van der Waals surface area contributed by atoms with Gasteiger partial charge in [-0.15, -0.1) is 0 Å². The molecule has 1 aliphatic heterocycles. The molecule has 2 aromatic rings. The number of carbonyl (C=O) groups is 1. The minimum absolute atomic E-state index is 0.264. The third kappa shape index (κ3) is 3.68. The van der Waals surface area contributed by atoms with Crippen LogP contribution in [0, 0.1) is 29.5 Å². The highest BCUT2D eigenvalue weighted by Crippen LogP contribution is 2.52. The van der Waals surface area contributed by atoms with Gasteiger partial charge in [0.05, 0.1) is 11.6 Å². The molecule has 152 valence electrons. The van der Waals surface area contributed by atoms with E-state index in [0.29, 0.717) is 11.3 Å². The molecule has 0 amide bonds. The summed E-state index contributed by atoms with van der Waals surface area (Å²) in [6.45, 7) is 3.30. The molecule has 3 nitrogen and oxygen atoms in total. The van der Waals surface area contributed by atoms with Crippen LogP contribution in [0.2, 0.25) is 0 Å². The standard InChI is InChI=1S/C23H22F3NO2/c1-13-19(21-14(2)29-22(28)20(21)11-23(13,25)26)9-8-18-7-6-16(12-27-18)15-4-3-5-17(24)10-15/h3-10,12-14,19-21H,11H2,1-2H3/b9-8+/t13-,14+,19-,20+,21-/m0/s1. The third-order valence-electron chi connectivity index (χ3n) is 6.23. The average Bonchev–Trinajstić information content (AvgIpc) is 2.95. The monoisotopic (exact) mass is 401 g/mol. The summed E-state index contributed by atoms with van der Waals surface area (Å²) in [6, 6.07) is 9.80. The largest absolute Gasteiger partial charge is 0.462 e. The van der Waals surface area contributed by atoms with Crippen molar-refractivity contribution in [1.29, 1.82) is 0 Å². The molecule has 29 heavy (non-hydrogen) atoms. The number of hydrogen-bond acceptors (Lipinski definition) is 3. The number of halogens is 3. The van der Waals surface area contributed by atoms with Gasteiger partial charge in [0.1, 0.15) is 11.9 Å². The lowest BCUT2D eigenvalue weighted by atomic mass is 9.64. The molecule has 5 atom stereocenters. The van der Waals surface area contributed by atoms with Gasteiger partial charge in [0.25, 0.3) is 5.92 Å².